The summed E-state index contributed by atoms with van der Waals surface area (Å²) in [5.74, 6) is -8.91. The maximum Gasteiger partial charge on any atom is 0.245 e. The molecule has 4 aromatic carbocycles. The first-order chi connectivity index (χ1) is 46.0. The van der Waals surface area contributed by atoms with Crippen molar-refractivity contribution in [1.29, 1.82) is 0 Å². The van der Waals surface area contributed by atoms with Gasteiger partial charge in [0, 0.05) is 79.4 Å². The Kier molecular flexibility index (Phi) is 25.0. The lowest BCUT2D eigenvalue weighted by Gasteiger charge is -2.30. The number of aromatic nitrogens is 2. The lowest BCUT2D eigenvalue weighted by molar-refractivity contribution is -0.142. The number of aromatic amines is 2. The number of aromatic hydroxyl groups is 1. The normalized spacial score (nSPS) is 16.5. The van der Waals surface area contributed by atoms with E-state index in [0.717, 1.165) is 0 Å². The number of hydrogen-bond acceptors (Lipinski definition) is 14. The zero-order chi connectivity index (χ0) is 69.0. The molecule has 2 aromatic heterocycles. The molecule has 2 aliphatic rings. The van der Waals surface area contributed by atoms with Crippen molar-refractivity contribution < 1.29 is 63.0 Å². The number of likely N-dealkylation sites (tertiary alicyclic amines) is 1. The molecule has 0 saturated carbocycles. The van der Waals surface area contributed by atoms with E-state index in [1.165, 1.54) is 29.2 Å². The first kappa shape index (κ1) is 71.0. The average molecular weight is 1320 g/mol. The van der Waals surface area contributed by atoms with Gasteiger partial charge in [-0.3, -0.25) is 57.7 Å². The fourth-order valence-electron chi connectivity index (χ4n) is 11.8. The molecule has 8 rings (SSSR count). The molecule has 4 heterocycles. The average Bonchev–Trinajstić information content (AvgIpc) is 1.66. The number of aliphatic hydroxyl groups is 1. The number of H-pyrrole nitrogens is 2. The van der Waals surface area contributed by atoms with Crippen LogP contribution in [0.15, 0.2) is 121 Å². The van der Waals surface area contributed by atoms with Crippen LogP contribution in [-0.4, -0.2) is 177 Å². The third kappa shape index (κ3) is 19.9. The summed E-state index contributed by atoms with van der Waals surface area (Å²) in [6, 6.07) is 16.8. The summed E-state index contributed by atoms with van der Waals surface area (Å²) in [6.07, 6.45) is 3.86. The van der Waals surface area contributed by atoms with Gasteiger partial charge in [-0.05, 0) is 91.0 Å². The Hall–Kier alpha value is -10.8. The first-order valence-corrected chi connectivity index (χ1v) is 31.9. The Morgan fingerprint density at radius 2 is 1.07 bits per heavy atom. The van der Waals surface area contributed by atoms with E-state index in [2.05, 4.69) is 62.8 Å². The molecule has 0 radical (unpaired) electrons. The summed E-state index contributed by atoms with van der Waals surface area (Å²) >= 11 is 0. The van der Waals surface area contributed by atoms with Gasteiger partial charge in [0.1, 0.15) is 60.1 Å². The van der Waals surface area contributed by atoms with Crippen LogP contribution in [0, 0.1) is 5.92 Å². The second-order valence-electron chi connectivity index (χ2n) is 24.4. The number of benzene rings is 4. The van der Waals surface area contributed by atoms with E-state index in [1.807, 2.05) is 12.1 Å². The second kappa shape index (κ2) is 33.8. The quantitative estimate of drug-likeness (QED) is 0.0133. The van der Waals surface area contributed by atoms with Crippen molar-refractivity contribution in [2.45, 2.75) is 139 Å². The molecule has 0 aliphatic carbocycles. The van der Waals surface area contributed by atoms with Crippen LogP contribution in [0.4, 0.5) is 0 Å². The lowest BCUT2D eigenvalue weighted by atomic mass is 9.99. The van der Waals surface area contributed by atoms with Crippen molar-refractivity contribution in [2.75, 3.05) is 26.2 Å². The van der Waals surface area contributed by atoms with Crippen LogP contribution in [0.2, 0.25) is 0 Å². The number of carbonyl (C=O) groups excluding carboxylic acids is 11. The minimum Gasteiger partial charge on any atom is -0.508 e. The number of rotatable bonds is 33. The third-order valence-corrected chi connectivity index (χ3v) is 16.7. The van der Waals surface area contributed by atoms with Gasteiger partial charge < -0.3 is 90.1 Å². The fourth-order valence-corrected chi connectivity index (χ4v) is 11.8. The maximum atomic E-state index is 15.1. The van der Waals surface area contributed by atoms with Crippen molar-refractivity contribution in [3.8, 4) is 5.75 Å². The Bertz CT molecular complexity index is 3800. The highest BCUT2D eigenvalue weighted by atomic mass is 16.3. The summed E-state index contributed by atoms with van der Waals surface area (Å²) in [5.41, 5.74) is 20.0. The zero-order valence-electron chi connectivity index (χ0n) is 53.4. The molecule has 9 atom stereocenters. The molecular formula is C67H84N16O13. The number of phenols is 1. The number of nitrogens with zero attached hydrogens (tertiary/aromatic N) is 2. The number of nitrogens with two attached hydrogens (primary N) is 3. The topological polar surface area (TPSA) is 462 Å². The monoisotopic (exact) mass is 1320 g/mol. The number of carbonyl (C=O) groups is 11. The molecule has 11 amide bonds. The molecule has 19 N–H and O–H groups in total. The number of aliphatic hydroxyl groups excluding tert-OH is 1. The van der Waals surface area contributed by atoms with E-state index in [1.54, 1.807) is 93.0 Å². The zero-order valence-corrected chi connectivity index (χ0v) is 53.4. The molecule has 6 aromatic rings. The van der Waals surface area contributed by atoms with Gasteiger partial charge in [-0.15, -0.1) is 0 Å². The van der Waals surface area contributed by atoms with Gasteiger partial charge in [0.05, 0.1) is 13.2 Å². The van der Waals surface area contributed by atoms with E-state index in [9.17, 15) is 53.4 Å². The minimum absolute atomic E-state index is 0.00716. The first-order valence-electron chi connectivity index (χ1n) is 31.9. The highest BCUT2D eigenvalue weighted by Gasteiger charge is 2.40. The van der Waals surface area contributed by atoms with E-state index in [0.29, 0.717) is 50.5 Å². The number of guanidine groups is 1. The second-order valence-corrected chi connectivity index (χ2v) is 24.4. The largest absolute Gasteiger partial charge is 0.508 e. The molecule has 2 fully saturated rings. The highest BCUT2D eigenvalue weighted by Crippen LogP contribution is 2.24. The van der Waals surface area contributed by atoms with Gasteiger partial charge in [0.2, 0.25) is 65.0 Å². The molecule has 0 spiro atoms. The van der Waals surface area contributed by atoms with Crippen LogP contribution in [-0.2, 0) is 78.4 Å². The third-order valence-electron chi connectivity index (χ3n) is 16.7. The van der Waals surface area contributed by atoms with E-state index in [-0.39, 0.29) is 101 Å². The number of fused-ring (bicyclic) bond motifs is 2. The Morgan fingerprint density at radius 1 is 0.583 bits per heavy atom. The summed E-state index contributed by atoms with van der Waals surface area (Å²) in [4.78, 5) is 166. The van der Waals surface area contributed by atoms with Crippen molar-refractivity contribution >= 4 is 92.7 Å². The number of aliphatic imine (C=N–C) groups is 1. The highest BCUT2D eigenvalue weighted by molar-refractivity contribution is 6.00. The van der Waals surface area contributed by atoms with Crippen LogP contribution < -0.4 is 65.1 Å². The number of nitrogens with one attached hydrogen (secondary N) is 11. The van der Waals surface area contributed by atoms with Crippen molar-refractivity contribution in [3.05, 3.63) is 138 Å². The smallest absolute Gasteiger partial charge is 0.245 e. The van der Waals surface area contributed by atoms with Gasteiger partial charge in [-0.2, -0.15) is 0 Å². The predicted molar refractivity (Wildman–Crippen MR) is 354 cm³/mol. The van der Waals surface area contributed by atoms with Crippen LogP contribution in [0.5, 0.6) is 5.75 Å². The molecule has 2 aliphatic heterocycles. The van der Waals surface area contributed by atoms with Crippen LogP contribution in [0.1, 0.15) is 81.0 Å². The Morgan fingerprint density at radius 3 is 1.60 bits per heavy atom. The predicted octanol–water partition coefficient (Wildman–Crippen LogP) is -1.02. The molecule has 0 unspecified atom stereocenters. The fraction of sp³-hybridized carbons (Fsp3) is 0.403. The Balaban J connectivity index is 1.05. The molecule has 510 valence electrons. The standard InChI is InChI=1S/C67H84N16O13/c1-37(2)28-49(59(89)76-48(18-10-26-71-67(69)70)66(96)83-27-11-19-55(83)65(95)74-35-56(68)86)77-62(92)52(31-40-33-72-45-16-8-6-14-43(40)45)80-61(91)51(30-39-20-22-42(85)23-21-39)79-64(94)54(36-84)82-63(93)53(32-41-34-73-46-17-9-7-15-44(41)46)81-60(90)50(29-38-12-4-3-5-13-38)78-58(88)47-24-25-57(87)75-47/h3-9,12-17,20-23,33-34,37,47-55,72-73,84-85H,10-11,18-19,24-32,35-36H2,1-2H3,(H2,68,86)(H,74,95)(H,75,87)(H,76,89)(H,77,92)(H,78,88)(H,79,94)(H,80,91)(H,81,90)(H,82,93)(H4,69,70,71)/t47-,48+,49+,50-,51+,52-,53-,54+,55+/m1/s1. The van der Waals surface area contributed by atoms with E-state index < -0.39 is 127 Å². The Labute approximate surface area is 553 Å². The number of primary amides is 1. The minimum atomic E-state index is -1.79. The van der Waals surface area contributed by atoms with Gasteiger partial charge in [-0.25, -0.2) is 0 Å². The van der Waals surface area contributed by atoms with Gasteiger partial charge in [0.15, 0.2) is 5.96 Å². The van der Waals surface area contributed by atoms with Crippen molar-refractivity contribution in [3.63, 3.8) is 0 Å². The number of para-hydroxylation sites is 2. The lowest BCUT2D eigenvalue weighted by Crippen LogP contribution is -2.61. The van der Waals surface area contributed by atoms with Crippen molar-refractivity contribution in [2.24, 2.45) is 28.1 Å². The summed E-state index contributed by atoms with van der Waals surface area (Å²) in [7, 11) is 0. The summed E-state index contributed by atoms with van der Waals surface area (Å²) < 4.78 is 0. The van der Waals surface area contributed by atoms with E-state index >= 15 is 9.59 Å². The van der Waals surface area contributed by atoms with Gasteiger partial charge in [0.25, 0.3) is 0 Å². The number of phenolic OH excluding ortho intramolecular Hbond substituents is 1. The summed E-state index contributed by atoms with van der Waals surface area (Å²) in [6.45, 7) is 2.34. The number of amides is 11. The van der Waals surface area contributed by atoms with Gasteiger partial charge >= 0.3 is 0 Å². The van der Waals surface area contributed by atoms with Crippen LogP contribution in [0.3, 0.4) is 0 Å². The molecule has 29 heteroatoms. The SMILES string of the molecule is CC(C)C[C@H](NC(=O)[C@@H](Cc1c[nH]c2ccccc12)NC(=O)[C@H](Cc1ccc(O)cc1)NC(=O)[C@H](CO)NC(=O)[C@@H](Cc1c[nH]c2ccccc12)NC(=O)[C@@H](Cc1ccccc1)NC(=O)[C@H]1CCC(=O)N1)C(=O)N[C@@H](CCCN=C(N)N)C(=O)N1CCC[C@H]1C(=O)NCC(N)=O. The molecule has 96 heavy (non-hydrogen) atoms. The molecule has 2 saturated heterocycles. The molecule has 0 bridgehead atoms. The molecular weight excluding hydrogens is 1240 g/mol. The van der Waals surface area contributed by atoms with Gasteiger partial charge in [-0.1, -0.05) is 92.7 Å². The maximum absolute atomic E-state index is 15.1. The molecule has 29 nitrogen and oxygen atoms in total. The van der Waals surface area contributed by atoms with Crippen molar-refractivity contribution in [1.82, 2.24) is 62.7 Å². The van der Waals surface area contributed by atoms with E-state index in [4.69, 9.17) is 17.2 Å². The number of hydrogen-bond donors (Lipinski definition) is 16. The van der Waals surface area contributed by atoms with Crippen LogP contribution >= 0.6 is 0 Å². The summed E-state index contributed by atoms with van der Waals surface area (Å²) in [5, 5.41) is 46.7. The van der Waals surface area contributed by atoms with Crippen LogP contribution in [0.25, 0.3) is 21.8 Å².